The van der Waals surface area contributed by atoms with Crippen molar-refractivity contribution in [2.75, 3.05) is 0 Å². The number of pyridine rings is 1. The highest BCUT2D eigenvalue weighted by Crippen LogP contribution is 2.21. The zero-order valence-corrected chi connectivity index (χ0v) is 6.84. The van der Waals surface area contributed by atoms with Gasteiger partial charge in [0.15, 0.2) is 0 Å². The zero-order valence-electron chi connectivity index (χ0n) is 5.33. The first-order chi connectivity index (χ1) is 5.25. The third-order valence-electron chi connectivity index (χ3n) is 1.07. The lowest BCUT2D eigenvalue weighted by Gasteiger charge is -1.96. The fourth-order valence-corrected chi connectivity index (χ4v) is 0.920. The van der Waals surface area contributed by atoms with Gasteiger partial charge in [0, 0.05) is 11.8 Å². The quantitative estimate of drug-likeness (QED) is 0.320. The fraction of sp³-hybridized carbons (Fsp3) is 0. The summed E-state index contributed by atoms with van der Waals surface area (Å²) in [4.78, 5) is 3.71. The van der Waals surface area contributed by atoms with Gasteiger partial charge in [-0.1, -0.05) is 28.4 Å². The van der Waals surface area contributed by atoms with Crippen LogP contribution in [0.3, 0.4) is 0 Å². The van der Waals surface area contributed by atoms with E-state index in [2.05, 4.69) is 10.1 Å². The third kappa shape index (κ3) is 1.82. The maximum atomic E-state index is 8.18. The van der Waals surface area contributed by atoms with Crippen LogP contribution in [0.5, 0.6) is 0 Å². The van der Waals surface area contributed by atoms with E-state index in [0.717, 1.165) is 0 Å². The van der Waals surface area contributed by atoms with Crippen LogP contribution >= 0.6 is 23.2 Å². The molecule has 1 aromatic heterocycles. The van der Waals surface area contributed by atoms with Crippen molar-refractivity contribution >= 4 is 29.4 Å². The van der Waals surface area contributed by atoms with E-state index in [1.165, 1.54) is 12.4 Å². The summed E-state index contributed by atoms with van der Waals surface area (Å²) in [6.07, 6.45) is 2.67. The van der Waals surface area contributed by atoms with Gasteiger partial charge in [0.1, 0.15) is 5.15 Å². The van der Waals surface area contributed by atoms with Crippen LogP contribution < -0.4 is 0 Å². The van der Waals surface area contributed by atoms with E-state index in [4.69, 9.17) is 28.4 Å². The number of halogens is 2. The van der Waals surface area contributed by atoms with E-state index in [9.17, 15) is 0 Å². The Morgan fingerprint density at radius 2 is 2.27 bits per heavy atom. The van der Waals surface area contributed by atoms with Crippen molar-refractivity contribution < 1.29 is 5.21 Å². The van der Waals surface area contributed by atoms with Gasteiger partial charge < -0.3 is 5.21 Å². The van der Waals surface area contributed by atoms with Crippen LogP contribution in [0, 0.1) is 0 Å². The Labute approximate surface area is 73.3 Å². The van der Waals surface area contributed by atoms with Crippen molar-refractivity contribution in [1.29, 1.82) is 0 Å². The SMILES string of the molecule is O/N=C/c1ccnc(Cl)c1Cl. The molecule has 0 radical (unpaired) electrons. The van der Waals surface area contributed by atoms with Crippen molar-refractivity contribution in [1.82, 2.24) is 4.98 Å². The molecule has 1 rings (SSSR count). The summed E-state index contributed by atoms with van der Waals surface area (Å²) in [7, 11) is 0. The van der Waals surface area contributed by atoms with Crippen LogP contribution in [0.25, 0.3) is 0 Å². The first-order valence-electron chi connectivity index (χ1n) is 2.73. The Balaban J connectivity index is 3.16. The molecular weight excluding hydrogens is 187 g/mol. The first-order valence-corrected chi connectivity index (χ1v) is 3.48. The molecule has 0 fully saturated rings. The summed E-state index contributed by atoms with van der Waals surface area (Å²) in [5, 5.41) is 11.5. The van der Waals surface area contributed by atoms with Crippen molar-refractivity contribution in [3.63, 3.8) is 0 Å². The topological polar surface area (TPSA) is 45.5 Å². The minimum atomic E-state index is 0.198. The van der Waals surface area contributed by atoms with Gasteiger partial charge in [0.2, 0.25) is 0 Å². The average molecular weight is 191 g/mol. The molecule has 11 heavy (non-hydrogen) atoms. The summed E-state index contributed by atoms with van der Waals surface area (Å²) in [5.74, 6) is 0. The number of nitrogens with zero attached hydrogens (tertiary/aromatic N) is 2. The average Bonchev–Trinajstić information content (AvgIpc) is 1.99. The van der Waals surface area contributed by atoms with Crippen molar-refractivity contribution in [3.05, 3.63) is 28.0 Å². The second kappa shape index (κ2) is 3.55. The molecule has 0 saturated carbocycles. The van der Waals surface area contributed by atoms with Gasteiger partial charge in [-0.3, -0.25) is 0 Å². The summed E-state index contributed by atoms with van der Waals surface area (Å²) < 4.78 is 0. The Bertz CT molecular complexity index is 288. The molecule has 0 atom stereocenters. The van der Waals surface area contributed by atoms with E-state index in [0.29, 0.717) is 5.56 Å². The predicted octanol–water partition coefficient (Wildman–Crippen LogP) is 2.20. The minimum Gasteiger partial charge on any atom is -0.411 e. The van der Waals surface area contributed by atoms with E-state index in [1.807, 2.05) is 0 Å². The third-order valence-corrected chi connectivity index (χ3v) is 1.85. The molecule has 5 heteroatoms. The summed E-state index contributed by atoms with van der Waals surface area (Å²) in [6.45, 7) is 0. The van der Waals surface area contributed by atoms with Crippen LogP contribution in [0.1, 0.15) is 5.56 Å². The minimum absolute atomic E-state index is 0.198. The van der Waals surface area contributed by atoms with E-state index < -0.39 is 0 Å². The maximum absolute atomic E-state index is 8.18. The highest BCUT2D eigenvalue weighted by Gasteiger charge is 2.01. The number of hydrogen-bond donors (Lipinski definition) is 1. The van der Waals surface area contributed by atoms with Crippen LogP contribution in [0.4, 0.5) is 0 Å². The molecule has 0 bridgehead atoms. The Hall–Kier alpha value is -0.800. The maximum Gasteiger partial charge on any atom is 0.148 e. The summed E-state index contributed by atoms with van der Waals surface area (Å²) >= 11 is 11.2. The molecule has 0 aromatic carbocycles. The summed E-state index contributed by atoms with van der Waals surface area (Å²) in [5.41, 5.74) is 0.536. The van der Waals surface area contributed by atoms with Crippen LogP contribution in [-0.4, -0.2) is 16.4 Å². The predicted molar refractivity (Wildman–Crippen MR) is 43.6 cm³/mol. The zero-order chi connectivity index (χ0) is 8.27. The van der Waals surface area contributed by atoms with Crippen molar-refractivity contribution in [3.8, 4) is 0 Å². The molecule has 1 N–H and O–H groups in total. The van der Waals surface area contributed by atoms with Crippen LogP contribution in [0.15, 0.2) is 17.4 Å². The molecule has 0 saturated heterocycles. The Kier molecular flexibility index (Phi) is 2.68. The molecule has 0 unspecified atom stereocenters. The number of rotatable bonds is 1. The number of aromatic nitrogens is 1. The van der Waals surface area contributed by atoms with Gasteiger partial charge in [0.25, 0.3) is 0 Å². The van der Waals surface area contributed by atoms with Gasteiger partial charge in [-0.15, -0.1) is 0 Å². The molecule has 1 heterocycles. The Morgan fingerprint density at radius 1 is 1.55 bits per heavy atom. The highest BCUT2D eigenvalue weighted by molar-refractivity contribution is 6.42. The monoisotopic (exact) mass is 190 g/mol. The lowest BCUT2D eigenvalue weighted by atomic mass is 10.3. The van der Waals surface area contributed by atoms with Gasteiger partial charge in [-0.25, -0.2) is 4.98 Å². The lowest BCUT2D eigenvalue weighted by molar-refractivity contribution is 0.322. The van der Waals surface area contributed by atoms with Gasteiger partial charge in [-0.2, -0.15) is 0 Å². The molecular formula is C6H4Cl2N2O. The van der Waals surface area contributed by atoms with Crippen molar-refractivity contribution in [2.45, 2.75) is 0 Å². The van der Waals surface area contributed by atoms with Gasteiger partial charge in [-0.05, 0) is 6.07 Å². The van der Waals surface area contributed by atoms with E-state index in [1.54, 1.807) is 6.07 Å². The molecule has 3 nitrogen and oxygen atoms in total. The molecule has 0 amide bonds. The Morgan fingerprint density at radius 3 is 2.91 bits per heavy atom. The smallest absolute Gasteiger partial charge is 0.148 e. The molecule has 0 spiro atoms. The van der Waals surface area contributed by atoms with Gasteiger partial charge >= 0.3 is 0 Å². The van der Waals surface area contributed by atoms with Gasteiger partial charge in [0.05, 0.1) is 11.2 Å². The van der Waals surface area contributed by atoms with E-state index >= 15 is 0 Å². The highest BCUT2D eigenvalue weighted by atomic mass is 35.5. The molecule has 58 valence electrons. The number of oxime groups is 1. The fourth-order valence-electron chi connectivity index (χ4n) is 0.594. The van der Waals surface area contributed by atoms with Crippen LogP contribution in [0.2, 0.25) is 10.2 Å². The lowest BCUT2D eigenvalue weighted by Crippen LogP contribution is -1.85. The molecule has 0 aliphatic carbocycles. The number of hydrogen-bond acceptors (Lipinski definition) is 3. The molecule has 0 aliphatic heterocycles. The van der Waals surface area contributed by atoms with E-state index in [-0.39, 0.29) is 10.2 Å². The second-order valence-corrected chi connectivity index (χ2v) is 2.49. The largest absolute Gasteiger partial charge is 0.411 e. The molecule has 1 aromatic rings. The van der Waals surface area contributed by atoms with Crippen molar-refractivity contribution in [2.24, 2.45) is 5.16 Å². The standard InChI is InChI=1S/C6H4Cl2N2O/c7-5-4(3-10-11)1-2-9-6(5)8/h1-3,11H/b10-3+. The second-order valence-electron chi connectivity index (χ2n) is 1.75. The molecule has 0 aliphatic rings. The van der Waals surface area contributed by atoms with Crippen LogP contribution in [-0.2, 0) is 0 Å². The first kappa shape index (κ1) is 8.30. The normalized spacial score (nSPS) is 10.7. The summed E-state index contributed by atoms with van der Waals surface area (Å²) in [6, 6.07) is 1.59.